The Balaban J connectivity index is 1.92. The van der Waals surface area contributed by atoms with Crippen molar-refractivity contribution in [3.05, 3.63) is 48.0 Å². The zero-order valence-electron chi connectivity index (χ0n) is 13.4. The maximum Gasteiger partial charge on any atom is 0.277 e. The first-order valence-corrected chi connectivity index (χ1v) is 7.08. The summed E-state index contributed by atoms with van der Waals surface area (Å²) in [6.45, 7) is -0.149. The number of para-hydroxylation sites is 1. The molecule has 0 heterocycles. The van der Waals surface area contributed by atoms with Gasteiger partial charge in [0.05, 0.1) is 20.4 Å². The van der Waals surface area contributed by atoms with Crippen LogP contribution in [0.4, 0.5) is 0 Å². The second-order valence-electron chi connectivity index (χ2n) is 4.67. The third-order valence-corrected chi connectivity index (χ3v) is 3.02. The van der Waals surface area contributed by atoms with Crippen LogP contribution in [0.15, 0.2) is 47.6 Å². The molecule has 0 fully saturated rings. The summed E-state index contributed by atoms with van der Waals surface area (Å²) in [6, 6.07) is 12.1. The minimum absolute atomic E-state index is 0.0996. The minimum atomic E-state index is -0.396. The van der Waals surface area contributed by atoms with Crippen LogP contribution in [-0.2, 0) is 4.79 Å². The summed E-state index contributed by atoms with van der Waals surface area (Å²) in [6.07, 6.45) is 1.41. The Hall–Kier alpha value is -3.22. The first kappa shape index (κ1) is 17.1. The Morgan fingerprint density at radius 3 is 2.38 bits per heavy atom. The van der Waals surface area contributed by atoms with Gasteiger partial charge in [0.2, 0.25) is 5.75 Å². The van der Waals surface area contributed by atoms with E-state index in [1.54, 1.807) is 24.3 Å². The molecule has 2 rings (SSSR count). The standard InChI is InChI=1S/C17H18N2O5/c1-22-14-8-12(9-15(23-2)17(14)21)10-18-19-16(20)11-24-13-6-4-3-5-7-13/h3-10,21H,11H2,1-2H3,(H,19,20)/b18-10+. The van der Waals surface area contributed by atoms with Gasteiger partial charge in [0, 0.05) is 5.56 Å². The number of carbonyl (C=O) groups is 1. The number of ether oxygens (including phenoxy) is 3. The molecule has 7 nitrogen and oxygen atoms in total. The maximum atomic E-state index is 11.7. The molecule has 0 aliphatic heterocycles. The topological polar surface area (TPSA) is 89.4 Å². The van der Waals surface area contributed by atoms with Crippen molar-refractivity contribution in [2.24, 2.45) is 5.10 Å². The van der Waals surface area contributed by atoms with Crippen molar-refractivity contribution in [2.75, 3.05) is 20.8 Å². The smallest absolute Gasteiger partial charge is 0.277 e. The second kappa shape index (κ2) is 8.42. The molecular formula is C17H18N2O5. The van der Waals surface area contributed by atoms with E-state index in [9.17, 15) is 9.90 Å². The van der Waals surface area contributed by atoms with Gasteiger partial charge in [0.1, 0.15) is 5.75 Å². The number of methoxy groups -OCH3 is 2. The Bertz CT molecular complexity index is 691. The average molecular weight is 330 g/mol. The van der Waals surface area contributed by atoms with Gasteiger partial charge in [-0.05, 0) is 24.3 Å². The van der Waals surface area contributed by atoms with Crippen LogP contribution >= 0.6 is 0 Å². The van der Waals surface area contributed by atoms with Crippen LogP contribution in [-0.4, -0.2) is 38.1 Å². The van der Waals surface area contributed by atoms with Gasteiger partial charge in [-0.15, -0.1) is 0 Å². The van der Waals surface area contributed by atoms with E-state index in [2.05, 4.69) is 10.5 Å². The van der Waals surface area contributed by atoms with Crippen LogP contribution in [0.3, 0.4) is 0 Å². The van der Waals surface area contributed by atoms with Gasteiger partial charge in [-0.1, -0.05) is 18.2 Å². The quantitative estimate of drug-likeness (QED) is 0.598. The molecule has 0 saturated carbocycles. The maximum absolute atomic E-state index is 11.7. The number of hydrogen-bond acceptors (Lipinski definition) is 6. The van der Waals surface area contributed by atoms with Gasteiger partial charge < -0.3 is 19.3 Å². The highest BCUT2D eigenvalue weighted by Gasteiger charge is 2.10. The summed E-state index contributed by atoms with van der Waals surface area (Å²) in [7, 11) is 2.86. The number of benzene rings is 2. The van der Waals surface area contributed by atoms with Crippen LogP contribution < -0.4 is 19.6 Å². The molecule has 0 aliphatic carbocycles. The van der Waals surface area contributed by atoms with Crippen molar-refractivity contribution in [3.63, 3.8) is 0 Å². The zero-order valence-corrected chi connectivity index (χ0v) is 13.4. The van der Waals surface area contributed by atoms with Crippen LogP contribution in [0.1, 0.15) is 5.56 Å². The zero-order chi connectivity index (χ0) is 17.4. The number of hydrogen-bond donors (Lipinski definition) is 2. The van der Waals surface area contributed by atoms with Crippen LogP contribution in [0.2, 0.25) is 0 Å². The summed E-state index contributed by atoms with van der Waals surface area (Å²) < 4.78 is 15.4. The summed E-state index contributed by atoms with van der Waals surface area (Å²) in [5.41, 5.74) is 2.94. The van der Waals surface area contributed by atoms with E-state index in [1.807, 2.05) is 18.2 Å². The Morgan fingerprint density at radius 2 is 1.79 bits per heavy atom. The molecule has 0 aliphatic rings. The summed E-state index contributed by atoms with van der Waals surface area (Å²) in [4.78, 5) is 11.7. The highest BCUT2D eigenvalue weighted by molar-refractivity contribution is 5.84. The highest BCUT2D eigenvalue weighted by atomic mass is 16.5. The molecule has 24 heavy (non-hydrogen) atoms. The van der Waals surface area contributed by atoms with Crippen molar-refractivity contribution in [1.29, 1.82) is 0 Å². The molecular weight excluding hydrogens is 312 g/mol. The van der Waals surface area contributed by atoms with Crippen LogP contribution in [0, 0.1) is 0 Å². The molecule has 1 amide bonds. The van der Waals surface area contributed by atoms with Crippen molar-refractivity contribution in [2.45, 2.75) is 0 Å². The summed E-state index contributed by atoms with van der Waals surface area (Å²) in [5, 5.41) is 13.7. The Kier molecular flexibility index (Phi) is 6.01. The lowest BCUT2D eigenvalue weighted by molar-refractivity contribution is -0.123. The SMILES string of the molecule is COc1cc(/C=N/NC(=O)COc2ccccc2)cc(OC)c1O. The number of nitrogens with one attached hydrogen (secondary N) is 1. The first-order chi connectivity index (χ1) is 11.6. The Labute approximate surface area is 139 Å². The molecule has 0 atom stereocenters. The van der Waals surface area contributed by atoms with Crippen molar-refractivity contribution in [3.8, 4) is 23.0 Å². The summed E-state index contributed by atoms with van der Waals surface area (Å²) in [5.74, 6) is 0.596. The monoisotopic (exact) mass is 330 g/mol. The lowest BCUT2D eigenvalue weighted by Crippen LogP contribution is -2.24. The molecule has 0 spiro atoms. The van der Waals surface area contributed by atoms with E-state index in [0.717, 1.165) is 0 Å². The molecule has 0 unspecified atom stereocenters. The fourth-order valence-corrected chi connectivity index (χ4v) is 1.86. The molecule has 126 valence electrons. The van der Waals surface area contributed by atoms with E-state index in [-0.39, 0.29) is 23.9 Å². The number of hydrazone groups is 1. The van der Waals surface area contributed by atoms with E-state index < -0.39 is 5.91 Å². The van der Waals surface area contributed by atoms with Crippen molar-refractivity contribution in [1.82, 2.24) is 5.43 Å². The molecule has 0 aromatic heterocycles. The van der Waals surface area contributed by atoms with E-state index >= 15 is 0 Å². The van der Waals surface area contributed by atoms with E-state index in [4.69, 9.17) is 14.2 Å². The minimum Gasteiger partial charge on any atom is -0.502 e. The van der Waals surface area contributed by atoms with E-state index in [1.165, 1.54) is 20.4 Å². The third-order valence-electron chi connectivity index (χ3n) is 3.02. The first-order valence-electron chi connectivity index (χ1n) is 7.08. The summed E-state index contributed by atoms with van der Waals surface area (Å²) >= 11 is 0. The van der Waals surface area contributed by atoms with Crippen molar-refractivity contribution >= 4 is 12.1 Å². The molecule has 7 heteroatoms. The van der Waals surface area contributed by atoms with Gasteiger partial charge in [-0.2, -0.15) is 5.10 Å². The normalized spacial score (nSPS) is 10.4. The van der Waals surface area contributed by atoms with Gasteiger partial charge in [0.25, 0.3) is 5.91 Å². The number of aromatic hydroxyl groups is 1. The van der Waals surface area contributed by atoms with Crippen LogP contribution in [0.5, 0.6) is 23.0 Å². The fraction of sp³-hybridized carbons (Fsp3) is 0.176. The third kappa shape index (κ3) is 4.64. The van der Waals surface area contributed by atoms with Crippen molar-refractivity contribution < 1.29 is 24.1 Å². The van der Waals surface area contributed by atoms with Gasteiger partial charge in [0.15, 0.2) is 18.1 Å². The predicted molar refractivity (Wildman–Crippen MR) is 88.9 cm³/mol. The number of amides is 1. The largest absolute Gasteiger partial charge is 0.502 e. The number of nitrogens with zero attached hydrogens (tertiary/aromatic N) is 1. The molecule has 0 bridgehead atoms. The number of phenols is 1. The van der Waals surface area contributed by atoms with Crippen LogP contribution in [0.25, 0.3) is 0 Å². The Morgan fingerprint density at radius 1 is 1.17 bits per heavy atom. The number of rotatable bonds is 7. The average Bonchev–Trinajstić information content (AvgIpc) is 2.62. The van der Waals surface area contributed by atoms with Gasteiger partial charge in [-0.25, -0.2) is 5.43 Å². The fourth-order valence-electron chi connectivity index (χ4n) is 1.86. The number of phenolic OH excluding ortho intramolecular Hbond substituents is 1. The lowest BCUT2D eigenvalue weighted by atomic mass is 10.2. The second-order valence-corrected chi connectivity index (χ2v) is 4.67. The predicted octanol–water partition coefficient (Wildman–Crippen LogP) is 1.94. The molecule has 0 radical (unpaired) electrons. The van der Waals surface area contributed by atoms with Gasteiger partial charge in [-0.3, -0.25) is 4.79 Å². The molecule has 2 aromatic rings. The highest BCUT2D eigenvalue weighted by Crippen LogP contribution is 2.36. The number of carbonyl (C=O) groups excluding carboxylic acids is 1. The molecule has 2 aromatic carbocycles. The lowest BCUT2D eigenvalue weighted by Gasteiger charge is -2.09. The van der Waals surface area contributed by atoms with Gasteiger partial charge >= 0.3 is 0 Å². The molecule has 2 N–H and O–H groups in total. The molecule has 0 saturated heterocycles. The van der Waals surface area contributed by atoms with E-state index in [0.29, 0.717) is 11.3 Å².